The lowest BCUT2D eigenvalue weighted by Crippen LogP contribution is -2.05. The Morgan fingerprint density at radius 2 is 2.50 bits per heavy atom. The minimum Gasteiger partial charge on any atom is -0.369 e. The SMILES string of the molecule is C=C(C)CCNc1ncncc1C#N. The van der Waals surface area contributed by atoms with Gasteiger partial charge in [0, 0.05) is 6.54 Å². The number of nitrogens with one attached hydrogen (secondary N) is 1. The molecule has 0 saturated heterocycles. The van der Waals surface area contributed by atoms with E-state index < -0.39 is 0 Å². The fourth-order valence-electron chi connectivity index (χ4n) is 0.947. The fraction of sp³-hybridized carbons (Fsp3) is 0.300. The molecule has 0 fully saturated rings. The van der Waals surface area contributed by atoms with Crippen molar-refractivity contribution in [2.75, 3.05) is 11.9 Å². The molecule has 0 atom stereocenters. The third-order valence-corrected chi connectivity index (χ3v) is 1.68. The highest BCUT2D eigenvalue weighted by Gasteiger charge is 2.00. The Morgan fingerprint density at radius 1 is 1.71 bits per heavy atom. The van der Waals surface area contributed by atoms with Crippen LogP contribution in [0.1, 0.15) is 18.9 Å². The zero-order valence-corrected chi connectivity index (χ0v) is 8.12. The predicted molar refractivity (Wildman–Crippen MR) is 54.7 cm³/mol. The molecule has 72 valence electrons. The molecule has 0 aliphatic rings. The summed E-state index contributed by atoms with van der Waals surface area (Å²) < 4.78 is 0. The van der Waals surface area contributed by atoms with Crippen molar-refractivity contribution in [3.05, 3.63) is 30.2 Å². The Balaban J connectivity index is 2.59. The summed E-state index contributed by atoms with van der Waals surface area (Å²) in [6.07, 6.45) is 3.79. The van der Waals surface area contributed by atoms with Gasteiger partial charge in [0.25, 0.3) is 0 Å². The molecule has 0 aliphatic carbocycles. The van der Waals surface area contributed by atoms with Gasteiger partial charge in [0.05, 0.1) is 6.20 Å². The molecule has 1 aromatic rings. The smallest absolute Gasteiger partial charge is 0.147 e. The van der Waals surface area contributed by atoms with E-state index in [1.54, 1.807) is 0 Å². The van der Waals surface area contributed by atoms with E-state index in [4.69, 9.17) is 5.26 Å². The van der Waals surface area contributed by atoms with E-state index in [1.807, 2.05) is 13.0 Å². The van der Waals surface area contributed by atoms with E-state index in [9.17, 15) is 0 Å². The Labute approximate surface area is 83.3 Å². The van der Waals surface area contributed by atoms with E-state index in [-0.39, 0.29) is 0 Å². The summed E-state index contributed by atoms with van der Waals surface area (Å²) in [5, 5.41) is 11.8. The van der Waals surface area contributed by atoms with Gasteiger partial charge < -0.3 is 5.32 Å². The molecule has 4 heteroatoms. The second-order valence-corrected chi connectivity index (χ2v) is 3.03. The molecular weight excluding hydrogens is 176 g/mol. The lowest BCUT2D eigenvalue weighted by Gasteiger charge is -2.05. The molecule has 4 nitrogen and oxygen atoms in total. The first-order chi connectivity index (χ1) is 6.74. The highest BCUT2D eigenvalue weighted by atomic mass is 15.0. The summed E-state index contributed by atoms with van der Waals surface area (Å²) in [5.74, 6) is 0.587. The van der Waals surface area contributed by atoms with Crippen molar-refractivity contribution in [1.82, 2.24) is 9.97 Å². The number of anilines is 1. The molecule has 0 saturated carbocycles. The summed E-state index contributed by atoms with van der Waals surface area (Å²) in [5.41, 5.74) is 1.57. The molecule has 0 bridgehead atoms. The molecule has 1 heterocycles. The van der Waals surface area contributed by atoms with E-state index in [2.05, 4.69) is 21.9 Å². The van der Waals surface area contributed by atoms with E-state index in [1.165, 1.54) is 12.5 Å². The molecule has 14 heavy (non-hydrogen) atoms. The van der Waals surface area contributed by atoms with E-state index >= 15 is 0 Å². The molecule has 0 unspecified atom stereocenters. The Bertz CT molecular complexity index is 365. The first-order valence-electron chi connectivity index (χ1n) is 4.32. The lowest BCUT2D eigenvalue weighted by atomic mass is 10.2. The molecule has 1 aromatic heterocycles. The largest absolute Gasteiger partial charge is 0.369 e. The zero-order chi connectivity index (χ0) is 10.4. The summed E-state index contributed by atoms with van der Waals surface area (Å²) in [4.78, 5) is 7.74. The first kappa shape index (κ1) is 10.2. The molecule has 0 radical (unpaired) electrons. The lowest BCUT2D eigenvalue weighted by molar-refractivity contribution is 0.983. The highest BCUT2D eigenvalue weighted by Crippen LogP contribution is 2.08. The molecule has 0 amide bonds. The summed E-state index contributed by atoms with van der Waals surface area (Å²) in [6, 6.07) is 2.02. The van der Waals surface area contributed by atoms with Gasteiger partial charge in [-0.2, -0.15) is 5.26 Å². The molecule has 1 rings (SSSR count). The maximum absolute atomic E-state index is 8.74. The van der Waals surface area contributed by atoms with Crippen molar-refractivity contribution >= 4 is 5.82 Å². The number of nitrogens with zero attached hydrogens (tertiary/aromatic N) is 3. The number of hydrogen-bond acceptors (Lipinski definition) is 4. The third kappa shape index (κ3) is 2.87. The van der Waals surface area contributed by atoms with Crippen LogP contribution < -0.4 is 5.32 Å². The molecular formula is C10H12N4. The summed E-state index contributed by atoms with van der Waals surface area (Å²) in [6.45, 7) is 6.49. The van der Waals surface area contributed by atoms with Crippen LogP contribution in [0.3, 0.4) is 0 Å². The van der Waals surface area contributed by atoms with Gasteiger partial charge in [-0.05, 0) is 13.3 Å². The number of hydrogen-bond donors (Lipinski definition) is 1. The van der Waals surface area contributed by atoms with Gasteiger partial charge in [-0.25, -0.2) is 9.97 Å². The van der Waals surface area contributed by atoms with Gasteiger partial charge in [0.1, 0.15) is 23.8 Å². The number of aromatic nitrogens is 2. The van der Waals surface area contributed by atoms with Gasteiger partial charge in [0.2, 0.25) is 0 Å². The van der Waals surface area contributed by atoms with Crippen LogP contribution >= 0.6 is 0 Å². The van der Waals surface area contributed by atoms with Crippen molar-refractivity contribution in [1.29, 1.82) is 5.26 Å². The zero-order valence-electron chi connectivity index (χ0n) is 8.12. The second-order valence-electron chi connectivity index (χ2n) is 3.03. The van der Waals surface area contributed by atoms with Crippen molar-refractivity contribution in [2.24, 2.45) is 0 Å². The van der Waals surface area contributed by atoms with Crippen LogP contribution in [0.15, 0.2) is 24.7 Å². The van der Waals surface area contributed by atoms with Crippen LogP contribution in [-0.4, -0.2) is 16.5 Å². The van der Waals surface area contributed by atoms with E-state index in [0.29, 0.717) is 11.4 Å². The van der Waals surface area contributed by atoms with Crippen molar-refractivity contribution in [3.63, 3.8) is 0 Å². The third-order valence-electron chi connectivity index (χ3n) is 1.68. The van der Waals surface area contributed by atoms with Crippen LogP contribution in [0.25, 0.3) is 0 Å². The summed E-state index contributed by atoms with van der Waals surface area (Å²) in [7, 11) is 0. The van der Waals surface area contributed by atoms with Crippen LogP contribution in [0.5, 0.6) is 0 Å². The maximum Gasteiger partial charge on any atom is 0.147 e. The van der Waals surface area contributed by atoms with Crippen LogP contribution in [0.2, 0.25) is 0 Å². The first-order valence-corrected chi connectivity index (χ1v) is 4.32. The van der Waals surface area contributed by atoms with Gasteiger partial charge in [-0.3, -0.25) is 0 Å². The number of rotatable bonds is 4. The Kier molecular flexibility index (Phi) is 3.62. The van der Waals surface area contributed by atoms with E-state index in [0.717, 1.165) is 18.5 Å². The monoisotopic (exact) mass is 188 g/mol. The van der Waals surface area contributed by atoms with Gasteiger partial charge in [-0.15, -0.1) is 6.58 Å². The average molecular weight is 188 g/mol. The maximum atomic E-state index is 8.74. The minimum atomic E-state index is 0.467. The highest BCUT2D eigenvalue weighted by molar-refractivity contribution is 5.49. The van der Waals surface area contributed by atoms with Crippen molar-refractivity contribution in [3.8, 4) is 6.07 Å². The van der Waals surface area contributed by atoms with Crippen LogP contribution in [-0.2, 0) is 0 Å². The second kappa shape index (κ2) is 4.97. The van der Waals surface area contributed by atoms with Gasteiger partial charge in [-0.1, -0.05) is 5.57 Å². The standard InChI is InChI=1S/C10H12N4/c1-8(2)3-4-13-10-9(5-11)6-12-7-14-10/h6-7H,1,3-4H2,2H3,(H,12,13,14). The summed E-state index contributed by atoms with van der Waals surface area (Å²) >= 11 is 0. The topological polar surface area (TPSA) is 61.6 Å². The quantitative estimate of drug-likeness (QED) is 0.731. The van der Waals surface area contributed by atoms with Gasteiger partial charge in [0.15, 0.2) is 0 Å². The van der Waals surface area contributed by atoms with Crippen LogP contribution in [0, 0.1) is 11.3 Å². The number of nitriles is 1. The minimum absolute atomic E-state index is 0.467. The molecule has 0 spiro atoms. The normalized spacial score (nSPS) is 9.14. The van der Waals surface area contributed by atoms with Gasteiger partial charge >= 0.3 is 0 Å². The molecule has 0 aromatic carbocycles. The van der Waals surface area contributed by atoms with Crippen LogP contribution in [0.4, 0.5) is 5.82 Å². The van der Waals surface area contributed by atoms with Crippen molar-refractivity contribution in [2.45, 2.75) is 13.3 Å². The fourth-order valence-corrected chi connectivity index (χ4v) is 0.947. The Hall–Kier alpha value is -1.89. The molecule has 0 aliphatic heterocycles. The Morgan fingerprint density at radius 3 is 3.14 bits per heavy atom. The van der Waals surface area contributed by atoms with Crippen molar-refractivity contribution < 1.29 is 0 Å². The molecule has 1 N–H and O–H groups in total. The predicted octanol–water partition coefficient (Wildman–Crippen LogP) is 1.73. The average Bonchev–Trinajstić information content (AvgIpc) is 2.18.